The smallest absolute Gasteiger partial charge is 0.266 e. The highest BCUT2D eigenvalue weighted by molar-refractivity contribution is 7.20. The van der Waals surface area contributed by atoms with Gasteiger partial charge in [0.05, 0.1) is 29.2 Å². The summed E-state index contributed by atoms with van der Waals surface area (Å²) in [4.78, 5) is 31.5. The monoisotopic (exact) mass is 397 g/mol. The largest absolute Gasteiger partial charge is 0.376 e. The van der Waals surface area contributed by atoms with Crippen LogP contribution in [0.2, 0.25) is 0 Å². The molecule has 0 spiro atoms. The molecule has 0 aliphatic carbocycles. The number of thiophene rings is 1. The Bertz CT molecular complexity index is 1090. The third-order valence-electron chi connectivity index (χ3n) is 5.27. The number of hydrogen-bond donors (Lipinski definition) is 1. The van der Waals surface area contributed by atoms with Crippen molar-refractivity contribution in [1.82, 2.24) is 9.55 Å². The molecule has 6 nitrogen and oxygen atoms in total. The maximum Gasteiger partial charge on any atom is 0.266 e. The molecule has 1 N–H and O–H groups in total. The van der Waals surface area contributed by atoms with Crippen molar-refractivity contribution in [3.8, 4) is 0 Å². The molecule has 3 heterocycles. The Hall–Kier alpha value is -2.51. The van der Waals surface area contributed by atoms with Gasteiger partial charge in [-0.25, -0.2) is 4.98 Å². The van der Waals surface area contributed by atoms with Gasteiger partial charge in [-0.2, -0.15) is 0 Å². The molecule has 1 aromatic carbocycles. The molecule has 2 aromatic heterocycles. The van der Waals surface area contributed by atoms with Crippen LogP contribution < -0.4 is 10.9 Å². The predicted molar refractivity (Wildman–Crippen MR) is 111 cm³/mol. The molecule has 3 aromatic rings. The molecule has 1 atom stereocenters. The lowest BCUT2D eigenvalue weighted by Crippen LogP contribution is -2.26. The molecule has 146 valence electrons. The third-order valence-corrected chi connectivity index (χ3v) is 6.47. The number of fused-ring (bicyclic) bond motifs is 1. The first kappa shape index (κ1) is 18.8. The Morgan fingerprint density at radius 3 is 2.75 bits per heavy atom. The minimum Gasteiger partial charge on any atom is -0.376 e. The minimum atomic E-state index is -0.206. The third kappa shape index (κ3) is 3.36. The summed E-state index contributed by atoms with van der Waals surface area (Å²) >= 11 is 1.26. The fourth-order valence-electron chi connectivity index (χ4n) is 3.70. The van der Waals surface area contributed by atoms with Crippen molar-refractivity contribution in [1.29, 1.82) is 0 Å². The van der Waals surface area contributed by atoms with E-state index in [1.807, 2.05) is 39.0 Å². The lowest BCUT2D eigenvalue weighted by molar-refractivity contribution is 0.0960. The first-order valence-electron chi connectivity index (χ1n) is 9.43. The standard InChI is InChI=1S/C21H23N3O3S/c1-12-6-4-7-13(2)17(12)23-19(25)18-14(3)16-20(28-18)22-11-24(21(16)26)10-15-8-5-9-27-15/h4,6-7,11,15H,5,8-10H2,1-3H3,(H,23,25)/t15-/m1/s1. The lowest BCUT2D eigenvalue weighted by atomic mass is 10.1. The first-order chi connectivity index (χ1) is 13.5. The van der Waals surface area contributed by atoms with Crippen molar-refractivity contribution >= 4 is 33.1 Å². The highest BCUT2D eigenvalue weighted by Crippen LogP contribution is 2.29. The van der Waals surface area contributed by atoms with Crippen molar-refractivity contribution in [2.75, 3.05) is 11.9 Å². The highest BCUT2D eigenvalue weighted by atomic mass is 32.1. The molecule has 7 heteroatoms. The molecule has 0 saturated carbocycles. The normalized spacial score (nSPS) is 16.6. The summed E-state index contributed by atoms with van der Waals surface area (Å²) in [6, 6.07) is 5.89. The van der Waals surface area contributed by atoms with Crippen molar-refractivity contribution in [2.24, 2.45) is 0 Å². The number of nitrogens with zero attached hydrogens (tertiary/aromatic N) is 2. The number of amides is 1. The summed E-state index contributed by atoms with van der Waals surface area (Å²) in [5.41, 5.74) is 3.39. The second-order valence-corrected chi connectivity index (χ2v) is 8.29. The summed E-state index contributed by atoms with van der Waals surface area (Å²) in [5, 5.41) is 3.53. The van der Waals surface area contributed by atoms with Crippen LogP contribution in [0.25, 0.3) is 10.2 Å². The van der Waals surface area contributed by atoms with E-state index >= 15 is 0 Å². The van der Waals surface area contributed by atoms with E-state index < -0.39 is 0 Å². The molecule has 1 aliphatic rings. The van der Waals surface area contributed by atoms with Gasteiger partial charge >= 0.3 is 0 Å². The van der Waals surface area contributed by atoms with Gasteiger partial charge in [0, 0.05) is 12.3 Å². The number of benzene rings is 1. The van der Waals surface area contributed by atoms with Gasteiger partial charge < -0.3 is 10.1 Å². The van der Waals surface area contributed by atoms with Gasteiger partial charge in [-0.15, -0.1) is 11.3 Å². The lowest BCUT2D eigenvalue weighted by Gasteiger charge is -2.11. The SMILES string of the molecule is Cc1cccc(C)c1NC(=O)c1sc2ncn(C[C@H]3CCCO3)c(=O)c2c1C. The number of anilines is 1. The van der Waals surface area contributed by atoms with E-state index in [0.717, 1.165) is 36.3 Å². The number of hydrogen-bond acceptors (Lipinski definition) is 5. The fraction of sp³-hybridized carbons (Fsp3) is 0.381. The van der Waals surface area contributed by atoms with Crippen LogP contribution in [-0.2, 0) is 11.3 Å². The maximum absolute atomic E-state index is 13.0. The van der Waals surface area contributed by atoms with Crippen LogP contribution in [-0.4, -0.2) is 28.2 Å². The number of para-hydroxylation sites is 1. The van der Waals surface area contributed by atoms with Crippen LogP contribution in [0.3, 0.4) is 0 Å². The van der Waals surface area contributed by atoms with Crippen molar-refractivity contribution in [3.05, 3.63) is 56.4 Å². The van der Waals surface area contributed by atoms with Gasteiger partial charge in [0.1, 0.15) is 4.83 Å². The van der Waals surface area contributed by atoms with Gasteiger partial charge in [0.15, 0.2) is 0 Å². The van der Waals surface area contributed by atoms with Crippen LogP contribution in [0, 0.1) is 20.8 Å². The quantitative estimate of drug-likeness (QED) is 0.726. The number of rotatable bonds is 4. The number of nitrogens with one attached hydrogen (secondary N) is 1. The zero-order valence-corrected chi connectivity index (χ0v) is 17.1. The Morgan fingerprint density at radius 2 is 2.07 bits per heavy atom. The summed E-state index contributed by atoms with van der Waals surface area (Å²) in [6.45, 7) is 6.99. The van der Waals surface area contributed by atoms with E-state index in [-0.39, 0.29) is 17.6 Å². The van der Waals surface area contributed by atoms with Gasteiger partial charge in [-0.05, 0) is 50.3 Å². The van der Waals surface area contributed by atoms with Crippen LogP contribution in [0.4, 0.5) is 5.69 Å². The van der Waals surface area contributed by atoms with Gasteiger partial charge in [0.25, 0.3) is 11.5 Å². The Labute approximate surface area is 167 Å². The molecular weight excluding hydrogens is 374 g/mol. The molecule has 1 amide bonds. The molecule has 1 aliphatic heterocycles. The molecule has 1 saturated heterocycles. The molecule has 0 unspecified atom stereocenters. The fourth-order valence-corrected chi connectivity index (χ4v) is 4.73. The van der Waals surface area contributed by atoms with Crippen molar-refractivity contribution < 1.29 is 9.53 Å². The number of aromatic nitrogens is 2. The summed E-state index contributed by atoms with van der Waals surface area (Å²) in [7, 11) is 0. The van der Waals surface area contributed by atoms with E-state index in [0.29, 0.717) is 27.2 Å². The maximum atomic E-state index is 13.0. The van der Waals surface area contributed by atoms with E-state index in [4.69, 9.17) is 4.74 Å². The number of aryl methyl sites for hydroxylation is 3. The van der Waals surface area contributed by atoms with Crippen LogP contribution in [0.15, 0.2) is 29.3 Å². The molecule has 1 fully saturated rings. The second kappa shape index (κ2) is 7.48. The molecule has 28 heavy (non-hydrogen) atoms. The Kier molecular flexibility index (Phi) is 5.03. The minimum absolute atomic E-state index is 0.0580. The zero-order valence-electron chi connectivity index (χ0n) is 16.2. The van der Waals surface area contributed by atoms with E-state index in [9.17, 15) is 9.59 Å². The topological polar surface area (TPSA) is 73.2 Å². The summed E-state index contributed by atoms with van der Waals surface area (Å²) in [6.07, 6.45) is 3.60. The van der Waals surface area contributed by atoms with E-state index in [1.54, 1.807) is 10.9 Å². The Morgan fingerprint density at radius 1 is 1.32 bits per heavy atom. The zero-order chi connectivity index (χ0) is 19.8. The number of ether oxygens (including phenoxy) is 1. The first-order valence-corrected chi connectivity index (χ1v) is 10.2. The van der Waals surface area contributed by atoms with Gasteiger partial charge in [0.2, 0.25) is 0 Å². The molecule has 0 radical (unpaired) electrons. The van der Waals surface area contributed by atoms with Crippen molar-refractivity contribution in [2.45, 2.75) is 46.3 Å². The summed E-state index contributed by atoms with van der Waals surface area (Å²) in [5.74, 6) is -0.206. The average Bonchev–Trinajstić information content (AvgIpc) is 3.29. The van der Waals surface area contributed by atoms with E-state index in [1.165, 1.54) is 11.3 Å². The number of carbonyl (C=O) groups is 1. The van der Waals surface area contributed by atoms with Gasteiger partial charge in [-0.3, -0.25) is 14.2 Å². The van der Waals surface area contributed by atoms with Gasteiger partial charge in [-0.1, -0.05) is 18.2 Å². The molecular formula is C21H23N3O3S. The summed E-state index contributed by atoms with van der Waals surface area (Å²) < 4.78 is 7.24. The van der Waals surface area contributed by atoms with Crippen LogP contribution in [0.1, 0.15) is 39.2 Å². The predicted octanol–water partition coefficient (Wildman–Crippen LogP) is 3.81. The highest BCUT2D eigenvalue weighted by Gasteiger charge is 2.22. The van der Waals surface area contributed by atoms with Crippen LogP contribution >= 0.6 is 11.3 Å². The Balaban J connectivity index is 1.68. The van der Waals surface area contributed by atoms with Crippen molar-refractivity contribution in [3.63, 3.8) is 0 Å². The number of carbonyl (C=O) groups excluding carboxylic acids is 1. The molecule has 0 bridgehead atoms. The molecule has 4 rings (SSSR count). The second-order valence-electron chi connectivity index (χ2n) is 7.29. The van der Waals surface area contributed by atoms with Crippen LogP contribution in [0.5, 0.6) is 0 Å². The average molecular weight is 398 g/mol. The van der Waals surface area contributed by atoms with E-state index in [2.05, 4.69) is 10.3 Å².